The summed E-state index contributed by atoms with van der Waals surface area (Å²) in [6.45, 7) is 6.64. The molecule has 3 nitrogen and oxygen atoms in total. The molecule has 0 saturated carbocycles. The smallest absolute Gasteiger partial charge is 0.148 e. The van der Waals surface area contributed by atoms with Gasteiger partial charge >= 0.3 is 0 Å². The van der Waals surface area contributed by atoms with Crippen LogP contribution in [0.5, 0.6) is 0 Å². The van der Waals surface area contributed by atoms with Crippen LogP contribution in [0.15, 0.2) is 0 Å². The summed E-state index contributed by atoms with van der Waals surface area (Å²) >= 11 is 0. The van der Waals surface area contributed by atoms with Crippen molar-refractivity contribution >= 4 is 5.78 Å². The van der Waals surface area contributed by atoms with Gasteiger partial charge in [-0.2, -0.15) is 0 Å². The maximum atomic E-state index is 11.1. The van der Waals surface area contributed by atoms with Gasteiger partial charge in [-0.25, -0.2) is 0 Å². The first kappa shape index (κ1) is 9.16. The molecule has 0 aliphatic carbocycles. The number of carbonyl (C=O) groups excluding carboxylic acids is 1. The van der Waals surface area contributed by atoms with Crippen molar-refractivity contribution in [2.24, 2.45) is 0 Å². The zero-order chi connectivity index (χ0) is 9.47. The molecule has 1 atom stereocenters. The van der Waals surface area contributed by atoms with E-state index in [4.69, 9.17) is 4.74 Å². The van der Waals surface area contributed by atoms with E-state index in [-0.39, 0.29) is 5.60 Å². The lowest BCUT2D eigenvalue weighted by atomic mass is 9.98. The van der Waals surface area contributed by atoms with Crippen molar-refractivity contribution in [2.75, 3.05) is 19.7 Å². The second kappa shape index (κ2) is 3.07. The fourth-order valence-electron chi connectivity index (χ4n) is 2.42. The molecule has 0 radical (unpaired) electrons. The quantitative estimate of drug-likeness (QED) is 0.603. The molecule has 0 amide bonds. The van der Waals surface area contributed by atoms with Crippen molar-refractivity contribution in [2.45, 2.75) is 38.3 Å². The van der Waals surface area contributed by atoms with E-state index in [2.05, 4.69) is 18.7 Å². The minimum Gasteiger partial charge on any atom is -0.374 e. The maximum Gasteiger partial charge on any atom is 0.148 e. The van der Waals surface area contributed by atoms with E-state index in [1.807, 2.05) is 0 Å². The predicted molar refractivity (Wildman–Crippen MR) is 49.6 cm³/mol. The Bertz CT molecular complexity index is 225. The highest BCUT2D eigenvalue weighted by Gasteiger charge is 2.41. The summed E-state index contributed by atoms with van der Waals surface area (Å²) in [4.78, 5) is 13.4. The lowest BCUT2D eigenvalue weighted by Crippen LogP contribution is -2.45. The fraction of sp³-hybridized carbons (Fsp3) is 0.900. The van der Waals surface area contributed by atoms with E-state index < -0.39 is 0 Å². The highest BCUT2D eigenvalue weighted by Crippen LogP contribution is 2.30. The van der Waals surface area contributed by atoms with Gasteiger partial charge in [-0.15, -0.1) is 0 Å². The topological polar surface area (TPSA) is 29.5 Å². The van der Waals surface area contributed by atoms with Crippen LogP contribution in [-0.2, 0) is 9.53 Å². The lowest BCUT2D eigenvalue weighted by molar-refractivity contribution is -0.117. The summed E-state index contributed by atoms with van der Waals surface area (Å²) < 4.78 is 5.65. The molecule has 0 aromatic rings. The molecule has 2 saturated heterocycles. The first-order chi connectivity index (χ1) is 6.09. The Morgan fingerprint density at radius 1 is 1.54 bits per heavy atom. The summed E-state index contributed by atoms with van der Waals surface area (Å²) in [5, 5.41) is 0. The van der Waals surface area contributed by atoms with Crippen LogP contribution in [0, 0.1) is 0 Å². The third kappa shape index (κ3) is 1.63. The van der Waals surface area contributed by atoms with Crippen molar-refractivity contribution in [3.63, 3.8) is 0 Å². The van der Waals surface area contributed by atoms with E-state index in [1.54, 1.807) is 0 Å². The Balaban J connectivity index is 2.04. The largest absolute Gasteiger partial charge is 0.374 e. The van der Waals surface area contributed by atoms with Gasteiger partial charge in [0.1, 0.15) is 5.78 Å². The molecule has 2 heterocycles. The third-order valence-electron chi connectivity index (χ3n) is 3.17. The molecule has 2 aliphatic rings. The molecule has 2 aliphatic heterocycles. The zero-order valence-electron chi connectivity index (χ0n) is 8.38. The van der Waals surface area contributed by atoms with Gasteiger partial charge in [0.05, 0.1) is 12.1 Å². The summed E-state index contributed by atoms with van der Waals surface area (Å²) in [5.41, 5.74) is -0.0649. The molecular weight excluding hydrogens is 166 g/mol. The van der Waals surface area contributed by atoms with Crippen LogP contribution < -0.4 is 0 Å². The maximum absolute atomic E-state index is 11.1. The van der Waals surface area contributed by atoms with E-state index in [0.29, 0.717) is 18.4 Å². The van der Waals surface area contributed by atoms with E-state index >= 15 is 0 Å². The fourth-order valence-corrected chi connectivity index (χ4v) is 2.42. The minimum absolute atomic E-state index is 0.0649. The van der Waals surface area contributed by atoms with E-state index in [1.165, 1.54) is 0 Å². The first-order valence-electron chi connectivity index (χ1n) is 4.99. The summed E-state index contributed by atoms with van der Waals surface area (Å²) in [6, 6.07) is 0.443. The van der Waals surface area contributed by atoms with Gasteiger partial charge in [0.2, 0.25) is 0 Å². The number of nitrogens with zero attached hydrogens (tertiary/aromatic N) is 1. The number of hydrogen-bond donors (Lipinski definition) is 0. The average molecular weight is 183 g/mol. The second-order valence-corrected chi connectivity index (χ2v) is 4.52. The van der Waals surface area contributed by atoms with Gasteiger partial charge in [-0.1, -0.05) is 0 Å². The van der Waals surface area contributed by atoms with Crippen molar-refractivity contribution in [3.8, 4) is 0 Å². The van der Waals surface area contributed by atoms with Crippen molar-refractivity contribution in [3.05, 3.63) is 0 Å². The predicted octanol–water partition coefficient (Wildman–Crippen LogP) is 0.829. The monoisotopic (exact) mass is 183 g/mol. The molecule has 1 unspecified atom stereocenters. The Kier molecular flexibility index (Phi) is 2.16. The Morgan fingerprint density at radius 3 is 2.77 bits per heavy atom. The summed E-state index contributed by atoms with van der Waals surface area (Å²) in [5.74, 6) is 0.378. The molecule has 0 bridgehead atoms. The van der Waals surface area contributed by atoms with Crippen LogP contribution in [0.3, 0.4) is 0 Å². The molecule has 0 N–H and O–H groups in total. The van der Waals surface area contributed by atoms with Gasteiger partial charge in [0, 0.05) is 25.6 Å². The van der Waals surface area contributed by atoms with Crippen LogP contribution in [0.4, 0.5) is 0 Å². The summed E-state index contributed by atoms with van der Waals surface area (Å²) in [6.07, 6.45) is 1.80. The van der Waals surface area contributed by atoms with E-state index in [0.717, 1.165) is 26.0 Å². The number of ketones is 1. The molecule has 74 valence electrons. The molecule has 13 heavy (non-hydrogen) atoms. The zero-order valence-corrected chi connectivity index (χ0v) is 8.38. The van der Waals surface area contributed by atoms with Crippen LogP contribution in [0.1, 0.15) is 26.7 Å². The molecular formula is C10H17NO2. The van der Waals surface area contributed by atoms with Gasteiger partial charge in [-0.05, 0) is 20.3 Å². The number of hydrogen-bond acceptors (Lipinski definition) is 3. The second-order valence-electron chi connectivity index (χ2n) is 4.52. The first-order valence-corrected chi connectivity index (χ1v) is 4.99. The van der Waals surface area contributed by atoms with Gasteiger partial charge in [0.15, 0.2) is 0 Å². The standard InChI is InChI=1S/C10H17NO2/c1-10(2)9(4-6-13-10)11-5-3-8(12)7-11/h9H,3-7H2,1-2H3. The molecule has 2 rings (SSSR count). The van der Waals surface area contributed by atoms with Crippen molar-refractivity contribution in [1.82, 2.24) is 4.90 Å². The minimum atomic E-state index is -0.0649. The molecule has 0 aromatic carbocycles. The molecule has 3 heteroatoms. The van der Waals surface area contributed by atoms with Gasteiger partial charge in [-0.3, -0.25) is 9.69 Å². The van der Waals surface area contributed by atoms with Crippen LogP contribution in [-0.4, -0.2) is 42.0 Å². The van der Waals surface area contributed by atoms with Gasteiger partial charge in [0.25, 0.3) is 0 Å². The SMILES string of the molecule is CC1(C)OCCC1N1CCC(=O)C1. The van der Waals surface area contributed by atoms with Crippen LogP contribution in [0.25, 0.3) is 0 Å². The van der Waals surface area contributed by atoms with Crippen molar-refractivity contribution in [1.29, 1.82) is 0 Å². The molecule has 0 aromatic heterocycles. The highest BCUT2D eigenvalue weighted by molar-refractivity contribution is 5.82. The van der Waals surface area contributed by atoms with Crippen LogP contribution in [0.2, 0.25) is 0 Å². The Morgan fingerprint density at radius 2 is 2.31 bits per heavy atom. The third-order valence-corrected chi connectivity index (χ3v) is 3.17. The average Bonchev–Trinajstić information content (AvgIpc) is 2.56. The van der Waals surface area contributed by atoms with Crippen molar-refractivity contribution < 1.29 is 9.53 Å². The van der Waals surface area contributed by atoms with Gasteiger partial charge < -0.3 is 4.74 Å². The Hall–Kier alpha value is -0.410. The molecule has 0 spiro atoms. The summed E-state index contributed by atoms with van der Waals surface area (Å²) in [7, 11) is 0. The van der Waals surface area contributed by atoms with Crippen LogP contribution >= 0.6 is 0 Å². The number of ether oxygens (including phenoxy) is 1. The Labute approximate surface area is 79.0 Å². The molecule has 2 fully saturated rings. The van der Waals surface area contributed by atoms with E-state index in [9.17, 15) is 4.79 Å². The number of carbonyl (C=O) groups is 1. The number of likely N-dealkylation sites (tertiary alicyclic amines) is 1. The number of Topliss-reactive ketones (excluding diaryl/α,β-unsaturated/α-hetero) is 1. The number of rotatable bonds is 1. The highest BCUT2D eigenvalue weighted by atomic mass is 16.5. The lowest BCUT2D eigenvalue weighted by Gasteiger charge is -2.32. The normalized spacial score (nSPS) is 34.3.